The molecule has 43 heteroatoms. The third-order valence-electron chi connectivity index (χ3n) is 16.0. The molecule has 594 valence electrons. The second-order valence-corrected chi connectivity index (χ2v) is 27.0. The van der Waals surface area contributed by atoms with Gasteiger partial charge in [-0.2, -0.15) is 39.5 Å². The summed E-state index contributed by atoms with van der Waals surface area (Å²) in [4.78, 5) is 101. The van der Waals surface area contributed by atoms with Gasteiger partial charge in [-0.1, -0.05) is 0 Å². The fraction of sp³-hybridized carbons (Fsp3) is 0.477. The van der Waals surface area contributed by atoms with Gasteiger partial charge in [0.05, 0.1) is 50.9 Å². The lowest BCUT2D eigenvalue weighted by atomic mass is 10.0. The number of esters is 2. The first kappa shape index (κ1) is 87.6. The summed E-state index contributed by atoms with van der Waals surface area (Å²) in [6, 6.07) is -0.300. The smallest absolute Gasteiger partial charge is 0.449 e. The van der Waals surface area contributed by atoms with Crippen molar-refractivity contribution in [2.45, 2.75) is 167 Å². The van der Waals surface area contributed by atoms with E-state index in [0.29, 0.717) is 36.4 Å². The highest BCUT2D eigenvalue weighted by Crippen LogP contribution is 2.37. The van der Waals surface area contributed by atoms with Crippen LogP contribution in [0.4, 0.5) is 88.6 Å². The van der Waals surface area contributed by atoms with Gasteiger partial charge >= 0.3 is 42.7 Å². The molecule has 0 unspecified atom stereocenters. The maximum atomic E-state index is 14.3. The average molecular weight is 1650 g/mol. The zero-order valence-electron chi connectivity index (χ0n) is 58.0. The molecule has 0 radical (unpaired) electrons. The molecule has 3 aliphatic rings. The van der Waals surface area contributed by atoms with E-state index in [-0.39, 0.29) is 122 Å². The van der Waals surface area contributed by atoms with Crippen molar-refractivity contribution in [3.8, 4) is 0 Å². The number of carbonyl (C=O) groups excluding carboxylic acids is 7. The Morgan fingerprint density at radius 3 is 1.05 bits per heavy atom. The molecule has 3 aromatic heterocycles. The first-order valence-electron chi connectivity index (χ1n) is 31.8. The van der Waals surface area contributed by atoms with Crippen LogP contribution in [0.5, 0.6) is 0 Å². The number of carbonyl (C=O) groups is 7. The predicted molar refractivity (Wildman–Crippen MR) is 344 cm³/mol. The first-order chi connectivity index (χ1) is 49.5. The number of nitrogens with zero attached hydrogens (tertiary/aromatic N) is 9. The molecule has 0 saturated heterocycles. The van der Waals surface area contributed by atoms with Gasteiger partial charge in [-0.05, 0) is 112 Å². The molecule has 6 aromatic rings. The quantitative estimate of drug-likeness (QED) is 0.0352. The van der Waals surface area contributed by atoms with Crippen molar-refractivity contribution in [1.82, 2.24) is 54.0 Å². The van der Waals surface area contributed by atoms with Crippen molar-refractivity contribution in [2.75, 3.05) is 33.9 Å². The molecule has 5 amide bonds. The molecular formula is C65H68BrClF18N12O11. The number of imidazole rings is 3. The second kappa shape index (κ2) is 34.9. The van der Waals surface area contributed by atoms with Gasteiger partial charge in [0, 0.05) is 94.9 Å². The van der Waals surface area contributed by atoms with E-state index in [0.717, 1.165) is 32.8 Å². The minimum Gasteiger partial charge on any atom is -0.464 e. The van der Waals surface area contributed by atoms with Crippen LogP contribution in [-0.4, -0.2) is 148 Å². The summed E-state index contributed by atoms with van der Waals surface area (Å²) in [5, 5.41) is 4.84. The minimum atomic E-state index is -4.87. The lowest BCUT2D eigenvalue weighted by molar-refractivity contribution is -0.149. The number of aromatic nitrogens is 6. The fourth-order valence-electron chi connectivity index (χ4n) is 11.2. The third kappa shape index (κ3) is 22.6. The van der Waals surface area contributed by atoms with E-state index < -0.39 is 197 Å². The van der Waals surface area contributed by atoms with Gasteiger partial charge in [0.15, 0.2) is 46.3 Å². The SMILES string of the molecule is CC(C)(C)OC(=O)N[C@@H](CC(=O)N1CCn2c(C(F)(F)F)nc(Br)c2C1)Cc1cc(F)c(F)cc1F.COC(=O)c1nc(C(F)(F)F)n2c1CN(C(=O)C[C@@H](Cc1cc(F)c(F)cc1F)NC(=O)OC(C)(C)C)CC2.COC(=O)c1nc(C(F)(F)F)n2c1CN(C(=O)C[C@H](N)Cc1cc(F)c(F)cc1F)CC2.Cl. The number of alkyl halides is 9. The van der Waals surface area contributed by atoms with Crippen LogP contribution >= 0.6 is 28.3 Å². The molecule has 4 N–H and O–H groups in total. The first-order valence-corrected chi connectivity index (χ1v) is 32.6. The van der Waals surface area contributed by atoms with E-state index in [9.17, 15) is 113 Å². The number of halogens is 20. The summed E-state index contributed by atoms with van der Waals surface area (Å²) in [6.07, 6.45) is -18.6. The van der Waals surface area contributed by atoms with E-state index in [1.807, 2.05) is 0 Å². The van der Waals surface area contributed by atoms with Gasteiger partial charge in [-0.15, -0.1) is 12.4 Å². The number of hydrogen-bond donors (Lipinski definition) is 3. The van der Waals surface area contributed by atoms with Gasteiger partial charge < -0.3 is 63.7 Å². The summed E-state index contributed by atoms with van der Waals surface area (Å²) in [5.74, 6) is -19.0. The van der Waals surface area contributed by atoms with Crippen molar-refractivity contribution >= 4 is 70.2 Å². The number of nitrogens with one attached hydrogen (secondary N) is 2. The van der Waals surface area contributed by atoms with E-state index in [1.165, 1.54) is 9.80 Å². The molecule has 0 spiro atoms. The number of hydrogen-bond acceptors (Lipinski definition) is 15. The standard InChI is InChI=1S/C24H26F6N4O5.C22H23BrF6N4O3.C19H18F6N4O3.ClH/c1-23(2,3)39-22(37)31-13(7-12-8-15(26)16(27)10-14(12)25)9-18(35)33-5-6-34-17(11-33)19(20(36)38-4)32-21(34)24(28,29)30;1-21(2,3)36-20(35)30-12(6-11-7-14(25)15(26)9-13(11)24)8-17(34)32-4-5-33-16(10-32)18(23)31-19(33)22(27,28)29;1-32-17(31)16-14-8-28(2-3-29(14)18(27-16)19(23,24)25)15(30)6-10(26)4-9-5-12(21)13(22)7-11(9)20;/h8,10,13H,5-7,9,11H2,1-4H3,(H,31,37);7,9,12H,4-6,8,10H2,1-3H3,(H,30,35);5,7,10H,2-4,6,8,26H2,1H3;1H/t13-;12-;10-;/m111./s1. The van der Waals surface area contributed by atoms with E-state index >= 15 is 0 Å². The van der Waals surface area contributed by atoms with Crippen LogP contribution in [0.15, 0.2) is 41.0 Å². The van der Waals surface area contributed by atoms with Crippen LogP contribution in [0, 0.1) is 52.4 Å². The summed E-state index contributed by atoms with van der Waals surface area (Å²) >= 11 is 3.00. The second-order valence-electron chi connectivity index (χ2n) is 26.3. The molecule has 0 fully saturated rings. The van der Waals surface area contributed by atoms with Crippen molar-refractivity contribution in [1.29, 1.82) is 0 Å². The number of fused-ring (bicyclic) bond motifs is 3. The molecule has 9 rings (SSSR count). The van der Waals surface area contributed by atoms with Gasteiger partial charge in [0.1, 0.15) is 33.3 Å². The number of amides is 5. The Labute approximate surface area is 616 Å². The molecule has 0 bridgehead atoms. The van der Waals surface area contributed by atoms with Crippen molar-refractivity contribution in [3.05, 3.63) is 156 Å². The number of benzene rings is 3. The molecule has 108 heavy (non-hydrogen) atoms. The summed E-state index contributed by atoms with van der Waals surface area (Å²) in [6.45, 7) is 7.38. The van der Waals surface area contributed by atoms with Crippen LogP contribution in [0.3, 0.4) is 0 Å². The number of nitrogens with two attached hydrogens (primary N) is 1. The van der Waals surface area contributed by atoms with E-state index in [2.05, 4.69) is 51.0 Å². The highest BCUT2D eigenvalue weighted by Gasteiger charge is 2.45. The minimum absolute atomic E-state index is 0. The summed E-state index contributed by atoms with van der Waals surface area (Å²) in [7, 11) is 1.96. The van der Waals surface area contributed by atoms with Crippen molar-refractivity contribution < 1.29 is 132 Å². The lowest BCUT2D eigenvalue weighted by Crippen LogP contribution is -2.45. The monoisotopic (exact) mass is 1650 g/mol. The van der Waals surface area contributed by atoms with Gasteiger partial charge in [0.25, 0.3) is 0 Å². The summed E-state index contributed by atoms with van der Waals surface area (Å²) < 4.78 is 265. The molecule has 23 nitrogen and oxygen atoms in total. The highest BCUT2D eigenvalue weighted by molar-refractivity contribution is 9.10. The molecule has 3 aromatic carbocycles. The van der Waals surface area contributed by atoms with Gasteiger partial charge in [0.2, 0.25) is 35.2 Å². The van der Waals surface area contributed by atoms with Gasteiger partial charge in [-0.25, -0.2) is 73.6 Å². The Morgan fingerprint density at radius 2 is 0.731 bits per heavy atom. The zero-order valence-corrected chi connectivity index (χ0v) is 60.4. The predicted octanol–water partition coefficient (Wildman–Crippen LogP) is 11.8. The molecular weight excluding hydrogens is 1580 g/mol. The number of methoxy groups -OCH3 is 2. The molecule has 0 aliphatic carbocycles. The largest absolute Gasteiger partial charge is 0.464 e. The normalized spacial score (nSPS) is 14.6. The van der Waals surface area contributed by atoms with Crippen LogP contribution in [0.2, 0.25) is 0 Å². The molecule has 3 aliphatic heterocycles. The Hall–Kier alpha value is -9.35. The molecule has 0 saturated carbocycles. The third-order valence-corrected chi connectivity index (χ3v) is 16.6. The van der Waals surface area contributed by atoms with Crippen molar-refractivity contribution in [2.24, 2.45) is 5.73 Å². The van der Waals surface area contributed by atoms with E-state index in [1.54, 1.807) is 41.5 Å². The number of alkyl carbamates (subject to hydrolysis) is 2. The Morgan fingerprint density at radius 1 is 0.444 bits per heavy atom. The maximum absolute atomic E-state index is 14.3. The fourth-order valence-corrected chi connectivity index (χ4v) is 11.8. The topological polar surface area (TPSA) is 270 Å². The molecule has 3 atom stereocenters. The van der Waals surface area contributed by atoms with Gasteiger partial charge in [-0.3, -0.25) is 14.4 Å². The van der Waals surface area contributed by atoms with Crippen LogP contribution in [0.25, 0.3) is 0 Å². The summed E-state index contributed by atoms with van der Waals surface area (Å²) in [5.41, 5.74) is 1.86. The zero-order chi connectivity index (χ0) is 80.1. The van der Waals surface area contributed by atoms with E-state index in [4.69, 9.17) is 15.2 Å². The van der Waals surface area contributed by atoms with Crippen LogP contribution in [-0.2, 0) is 110 Å². The Bertz CT molecular complexity index is 4350. The van der Waals surface area contributed by atoms with Crippen LogP contribution < -0.4 is 16.4 Å². The highest BCUT2D eigenvalue weighted by atomic mass is 79.9. The average Bonchev–Trinajstić information content (AvgIpc) is 1.62. The van der Waals surface area contributed by atoms with Crippen molar-refractivity contribution in [3.63, 3.8) is 0 Å². The number of rotatable bonds is 16. The maximum Gasteiger partial charge on any atom is 0.449 e. The molecule has 6 heterocycles. The number of ether oxygens (including phenoxy) is 4. The Balaban J connectivity index is 0.000000253. The van der Waals surface area contributed by atoms with Crippen LogP contribution in [0.1, 0.15) is 133 Å². The lowest BCUT2D eigenvalue weighted by Gasteiger charge is -2.31. The Kier molecular flexibility index (Phi) is 28.3.